The average Bonchev–Trinajstić information content (AvgIpc) is 2.78. The van der Waals surface area contributed by atoms with Gasteiger partial charge in [0.1, 0.15) is 0 Å². The molecule has 0 unspecified atom stereocenters. The SMILES string of the molecule is Cc1ccc(S(=O)(=O)N(CC(=O)NCc2ccc(S(N)(=O)=O)cc2)Cc2ccc(Cl)cc2)cc1. The molecule has 1 amide bonds. The van der Waals surface area contributed by atoms with Crippen LogP contribution < -0.4 is 10.5 Å². The fourth-order valence-electron chi connectivity index (χ4n) is 3.09. The third-order valence-electron chi connectivity index (χ3n) is 4.99. The molecule has 11 heteroatoms. The van der Waals surface area contributed by atoms with Crippen LogP contribution in [-0.4, -0.2) is 33.6 Å². The Bertz CT molecular complexity index is 1360. The third kappa shape index (κ3) is 6.87. The number of halogens is 1. The van der Waals surface area contributed by atoms with E-state index in [-0.39, 0.29) is 22.9 Å². The van der Waals surface area contributed by atoms with Gasteiger partial charge in [-0.25, -0.2) is 22.0 Å². The molecule has 34 heavy (non-hydrogen) atoms. The van der Waals surface area contributed by atoms with Gasteiger partial charge in [-0.05, 0) is 54.4 Å². The largest absolute Gasteiger partial charge is 0.351 e. The maximum Gasteiger partial charge on any atom is 0.243 e. The predicted octanol–water partition coefficient (Wildman–Crippen LogP) is 2.80. The first kappa shape index (κ1) is 25.9. The lowest BCUT2D eigenvalue weighted by molar-refractivity contribution is -0.121. The molecule has 3 aromatic rings. The summed E-state index contributed by atoms with van der Waals surface area (Å²) in [6.07, 6.45) is 0. The minimum absolute atomic E-state index is 0.0240. The highest BCUT2D eigenvalue weighted by Gasteiger charge is 2.27. The summed E-state index contributed by atoms with van der Waals surface area (Å²) in [5, 5.41) is 8.27. The number of aryl methyl sites for hydroxylation is 1. The van der Waals surface area contributed by atoms with Crippen LogP contribution in [0.3, 0.4) is 0 Å². The summed E-state index contributed by atoms with van der Waals surface area (Å²) >= 11 is 5.93. The fourth-order valence-corrected chi connectivity index (χ4v) is 5.12. The van der Waals surface area contributed by atoms with Crippen LogP contribution in [0, 0.1) is 6.92 Å². The van der Waals surface area contributed by atoms with E-state index < -0.39 is 32.5 Å². The topological polar surface area (TPSA) is 127 Å². The summed E-state index contributed by atoms with van der Waals surface area (Å²) in [5.41, 5.74) is 2.22. The number of rotatable bonds is 9. The Balaban J connectivity index is 1.76. The lowest BCUT2D eigenvalue weighted by atomic mass is 10.2. The second-order valence-electron chi connectivity index (χ2n) is 7.68. The third-order valence-corrected chi connectivity index (χ3v) is 7.98. The number of nitrogens with zero attached hydrogens (tertiary/aromatic N) is 1. The monoisotopic (exact) mass is 521 g/mol. The van der Waals surface area contributed by atoms with Gasteiger partial charge in [0.15, 0.2) is 0 Å². The Kier molecular flexibility index (Phi) is 8.11. The second kappa shape index (κ2) is 10.7. The Labute approximate surface area is 204 Å². The van der Waals surface area contributed by atoms with E-state index in [4.69, 9.17) is 16.7 Å². The first-order valence-corrected chi connectivity index (χ1v) is 13.5. The van der Waals surface area contributed by atoms with Crippen LogP contribution in [-0.2, 0) is 37.9 Å². The first-order chi connectivity index (χ1) is 15.9. The average molecular weight is 522 g/mol. The van der Waals surface area contributed by atoms with Crippen molar-refractivity contribution in [3.63, 3.8) is 0 Å². The van der Waals surface area contributed by atoms with Crippen LogP contribution in [0.4, 0.5) is 0 Å². The van der Waals surface area contributed by atoms with E-state index in [1.54, 1.807) is 36.4 Å². The zero-order valence-corrected chi connectivity index (χ0v) is 20.7. The zero-order valence-electron chi connectivity index (χ0n) is 18.3. The van der Waals surface area contributed by atoms with Crippen molar-refractivity contribution >= 4 is 37.6 Å². The molecular formula is C23H24ClN3O5S2. The van der Waals surface area contributed by atoms with Crippen molar-refractivity contribution in [2.75, 3.05) is 6.54 Å². The van der Waals surface area contributed by atoms with Crippen molar-refractivity contribution in [3.05, 3.63) is 94.5 Å². The van der Waals surface area contributed by atoms with E-state index in [0.29, 0.717) is 16.1 Å². The molecule has 0 bridgehead atoms. The summed E-state index contributed by atoms with van der Waals surface area (Å²) in [7, 11) is -7.78. The normalized spacial score (nSPS) is 12.0. The quantitative estimate of drug-likeness (QED) is 0.447. The van der Waals surface area contributed by atoms with E-state index >= 15 is 0 Å². The van der Waals surface area contributed by atoms with Crippen molar-refractivity contribution in [2.24, 2.45) is 5.14 Å². The van der Waals surface area contributed by atoms with Crippen LogP contribution in [0.25, 0.3) is 0 Å². The highest BCUT2D eigenvalue weighted by atomic mass is 35.5. The van der Waals surface area contributed by atoms with Crippen molar-refractivity contribution in [1.82, 2.24) is 9.62 Å². The summed E-state index contributed by atoms with van der Waals surface area (Å²) in [4.78, 5) is 12.7. The molecule has 0 aliphatic rings. The molecule has 0 heterocycles. The maximum atomic E-state index is 13.3. The Morgan fingerprint density at radius 2 is 1.38 bits per heavy atom. The van der Waals surface area contributed by atoms with Gasteiger partial charge in [-0.2, -0.15) is 4.31 Å². The van der Waals surface area contributed by atoms with E-state index in [1.165, 1.54) is 36.4 Å². The molecule has 180 valence electrons. The molecule has 0 saturated heterocycles. The zero-order chi connectivity index (χ0) is 24.9. The minimum Gasteiger partial charge on any atom is -0.351 e. The molecule has 0 aliphatic heterocycles. The molecule has 0 radical (unpaired) electrons. The fraction of sp³-hybridized carbons (Fsp3) is 0.174. The van der Waals surface area contributed by atoms with Gasteiger partial charge in [-0.1, -0.05) is 53.6 Å². The summed E-state index contributed by atoms with van der Waals surface area (Å²) in [6, 6.07) is 18.8. The molecule has 3 rings (SSSR count). The number of sulfonamides is 2. The number of primary sulfonamides is 1. The van der Waals surface area contributed by atoms with Crippen molar-refractivity contribution < 1.29 is 21.6 Å². The smallest absolute Gasteiger partial charge is 0.243 e. The Morgan fingerprint density at radius 1 is 0.853 bits per heavy atom. The van der Waals surface area contributed by atoms with E-state index in [1.807, 2.05) is 6.92 Å². The summed E-state index contributed by atoms with van der Waals surface area (Å²) < 4.78 is 50.4. The lowest BCUT2D eigenvalue weighted by Gasteiger charge is -2.22. The number of benzene rings is 3. The van der Waals surface area contributed by atoms with Crippen LogP contribution in [0.15, 0.2) is 82.6 Å². The van der Waals surface area contributed by atoms with Gasteiger partial charge in [0.2, 0.25) is 26.0 Å². The molecule has 8 nitrogen and oxygen atoms in total. The van der Waals surface area contributed by atoms with Crippen molar-refractivity contribution in [3.8, 4) is 0 Å². The van der Waals surface area contributed by atoms with E-state index in [9.17, 15) is 21.6 Å². The Morgan fingerprint density at radius 3 is 1.94 bits per heavy atom. The van der Waals surface area contributed by atoms with Crippen LogP contribution >= 0.6 is 11.6 Å². The van der Waals surface area contributed by atoms with Crippen LogP contribution in [0.2, 0.25) is 5.02 Å². The van der Waals surface area contributed by atoms with Gasteiger partial charge in [-0.15, -0.1) is 0 Å². The van der Waals surface area contributed by atoms with E-state index in [2.05, 4.69) is 5.32 Å². The van der Waals surface area contributed by atoms with Gasteiger partial charge in [0.05, 0.1) is 16.3 Å². The highest BCUT2D eigenvalue weighted by Crippen LogP contribution is 2.20. The molecule has 0 spiro atoms. The molecule has 0 fully saturated rings. The molecule has 0 saturated carbocycles. The number of hydrogen-bond donors (Lipinski definition) is 2. The molecule has 3 aromatic carbocycles. The van der Waals surface area contributed by atoms with Crippen molar-refractivity contribution in [1.29, 1.82) is 0 Å². The molecule has 0 atom stereocenters. The summed E-state index contributed by atoms with van der Waals surface area (Å²) in [5.74, 6) is -0.514. The number of carbonyl (C=O) groups is 1. The summed E-state index contributed by atoms with van der Waals surface area (Å²) in [6.45, 7) is 1.51. The number of carbonyl (C=O) groups excluding carboxylic acids is 1. The van der Waals surface area contributed by atoms with Gasteiger partial charge in [-0.3, -0.25) is 4.79 Å². The number of nitrogens with one attached hydrogen (secondary N) is 1. The van der Waals surface area contributed by atoms with Gasteiger partial charge in [0.25, 0.3) is 0 Å². The predicted molar refractivity (Wildman–Crippen MR) is 130 cm³/mol. The maximum absolute atomic E-state index is 13.3. The Hall–Kier alpha value is -2.76. The van der Waals surface area contributed by atoms with Crippen LogP contribution in [0.1, 0.15) is 16.7 Å². The van der Waals surface area contributed by atoms with Gasteiger partial charge < -0.3 is 5.32 Å². The molecule has 0 aromatic heterocycles. The number of amides is 1. The molecular weight excluding hydrogens is 498 g/mol. The van der Waals surface area contributed by atoms with Gasteiger partial charge in [0, 0.05) is 18.1 Å². The van der Waals surface area contributed by atoms with Gasteiger partial charge >= 0.3 is 0 Å². The molecule has 0 aliphatic carbocycles. The standard InChI is InChI=1S/C23H24ClN3O5S2/c1-17-2-10-22(11-3-17)34(31,32)27(15-19-4-8-20(24)9-5-19)16-23(28)26-14-18-6-12-21(13-7-18)33(25,29)30/h2-13H,14-16H2,1H3,(H,26,28)(H2,25,29,30). The van der Waals surface area contributed by atoms with Crippen molar-refractivity contribution in [2.45, 2.75) is 29.8 Å². The number of nitrogens with two attached hydrogens (primary N) is 1. The second-order valence-corrected chi connectivity index (χ2v) is 11.6. The van der Waals surface area contributed by atoms with E-state index in [0.717, 1.165) is 9.87 Å². The minimum atomic E-state index is -3.97. The number of hydrogen-bond acceptors (Lipinski definition) is 5. The van der Waals surface area contributed by atoms with Crippen LogP contribution in [0.5, 0.6) is 0 Å². The molecule has 3 N–H and O–H groups in total. The lowest BCUT2D eigenvalue weighted by Crippen LogP contribution is -2.40. The first-order valence-electron chi connectivity index (χ1n) is 10.1. The highest BCUT2D eigenvalue weighted by molar-refractivity contribution is 7.89.